The number of benzene rings is 2. The van der Waals surface area contributed by atoms with E-state index in [0.717, 1.165) is 16.5 Å². The van der Waals surface area contributed by atoms with Crippen molar-refractivity contribution in [3.05, 3.63) is 76.1 Å². The monoisotopic (exact) mass is 578 g/mol. The molecule has 12 nitrogen and oxygen atoms in total. The average Bonchev–Trinajstić information content (AvgIpc) is 2.93. The van der Waals surface area contributed by atoms with Gasteiger partial charge in [-0.1, -0.05) is 44.2 Å². The lowest BCUT2D eigenvalue weighted by atomic mass is 10.0. The molecule has 0 bridgehead atoms. The number of hydrogen-bond donors (Lipinski definition) is 5. The largest absolute Gasteiger partial charge is 0.445 e. The fourth-order valence-corrected chi connectivity index (χ4v) is 4.29. The molecule has 0 aliphatic heterocycles. The fraction of sp³-hybridized carbons (Fsp3) is 0.367. The van der Waals surface area contributed by atoms with Gasteiger partial charge in [0, 0.05) is 29.8 Å². The smallest absolute Gasteiger partial charge is 0.408 e. The molecule has 3 rings (SSSR count). The van der Waals surface area contributed by atoms with E-state index >= 15 is 0 Å². The molecule has 3 amide bonds. The SMILES string of the molecule is Cc1cc(=O)oc2cc(NC(=O)C(CCCN=C(N)N)NC(=O)C(CC(C)C)NC(=O)OCc3ccccc3)ccc12. The highest BCUT2D eigenvalue weighted by Crippen LogP contribution is 2.21. The zero-order valence-electron chi connectivity index (χ0n) is 24.0. The number of nitrogens with zero attached hydrogens (tertiary/aromatic N) is 1. The third kappa shape index (κ3) is 9.95. The van der Waals surface area contributed by atoms with E-state index in [4.69, 9.17) is 20.6 Å². The van der Waals surface area contributed by atoms with Gasteiger partial charge in [-0.15, -0.1) is 0 Å². The molecule has 0 saturated carbocycles. The van der Waals surface area contributed by atoms with Gasteiger partial charge in [-0.2, -0.15) is 0 Å². The molecule has 0 radical (unpaired) electrons. The summed E-state index contributed by atoms with van der Waals surface area (Å²) in [4.78, 5) is 55.0. The van der Waals surface area contributed by atoms with Crippen LogP contribution < -0.4 is 33.0 Å². The Balaban J connectivity index is 1.73. The molecule has 7 N–H and O–H groups in total. The lowest BCUT2D eigenvalue weighted by molar-refractivity contribution is -0.128. The van der Waals surface area contributed by atoms with Crippen molar-refractivity contribution < 1.29 is 23.5 Å². The van der Waals surface area contributed by atoms with Crippen LogP contribution in [-0.2, 0) is 20.9 Å². The lowest BCUT2D eigenvalue weighted by Crippen LogP contribution is -2.53. The number of amides is 3. The first-order chi connectivity index (χ1) is 20.0. The highest BCUT2D eigenvalue weighted by molar-refractivity contribution is 5.99. The number of nitrogens with two attached hydrogens (primary N) is 2. The summed E-state index contributed by atoms with van der Waals surface area (Å²) in [7, 11) is 0. The van der Waals surface area contributed by atoms with E-state index in [1.165, 1.54) is 6.07 Å². The predicted molar refractivity (Wildman–Crippen MR) is 161 cm³/mol. The van der Waals surface area contributed by atoms with Crippen LogP contribution >= 0.6 is 0 Å². The summed E-state index contributed by atoms with van der Waals surface area (Å²) in [6.45, 7) is 5.91. The van der Waals surface area contributed by atoms with Crippen molar-refractivity contribution in [2.75, 3.05) is 11.9 Å². The second kappa shape index (κ2) is 15.2. The molecule has 2 unspecified atom stereocenters. The standard InChI is InChI=1S/C30H38N6O6/c1-18(2)14-24(36-30(40)41-17-20-8-5-4-6-9-20)28(39)35-23(10-7-13-33-29(31)32)27(38)34-21-11-12-22-19(3)15-26(37)42-25(22)16-21/h4-6,8-9,11-12,15-16,18,23-24H,7,10,13-14,17H2,1-3H3,(H,34,38)(H,35,39)(H,36,40)(H4,31,32,33). The minimum atomic E-state index is -0.983. The van der Waals surface area contributed by atoms with Gasteiger partial charge in [-0.3, -0.25) is 14.6 Å². The Morgan fingerprint density at radius 3 is 2.40 bits per heavy atom. The summed E-state index contributed by atoms with van der Waals surface area (Å²) in [6, 6.07) is 13.6. The molecule has 3 aromatic rings. The molecule has 0 spiro atoms. The molecular weight excluding hydrogens is 540 g/mol. The van der Waals surface area contributed by atoms with Crippen molar-refractivity contribution in [3.63, 3.8) is 0 Å². The van der Waals surface area contributed by atoms with Crippen molar-refractivity contribution in [3.8, 4) is 0 Å². The third-order valence-corrected chi connectivity index (χ3v) is 6.33. The molecule has 0 saturated heterocycles. The molecule has 1 aromatic heterocycles. The van der Waals surface area contributed by atoms with Crippen molar-refractivity contribution in [1.82, 2.24) is 10.6 Å². The Hall–Kier alpha value is -4.87. The topological polar surface area (TPSA) is 191 Å². The van der Waals surface area contributed by atoms with Crippen molar-refractivity contribution in [2.24, 2.45) is 22.4 Å². The summed E-state index contributed by atoms with van der Waals surface area (Å²) in [5, 5.41) is 8.89. The van der Waals surface area contributed by atoms with E-state index in [1.807, 2.05) is 44.2 Å². The Morgan fingerprint density at radius 1 is 0.976 bits per heavy atom. The van der Waals surface area contributed by atoms with E-state index < -0.39 is 35.6 Å². The highest BCUT2D eigenvalue weighted by Gasteiger charge is 2.28. The Kier molecular flexibility index (Phi) is 11.5. The van der Waals surface area contributed by atoms with E-state index in [1.54, 1.807) is 25.1 Å². The van der Waals surface area contributed by atoms with Crippen molar-refractivity contribution >= 4 is 40.5 Å². The van der Waals surface area contributed by atoms with Gasteiger partial charge in [-0.25, -0.2) is 9.59 Å². The summed E-state index contributed by atoms with van der Waals surface area (Å²) in [5.41, 5.74) is 12.6. The van der Waals surface area contributed by atoms with E-state index in [9.17, 15) is 19.2 Å². The number of aryl methyl sites for hydroxylation is 1. The van der Waals surface area contributed by atoms with Crippen molar-refractivity contribution in [1.29, 1.82) is 0 Å². The number of rotatable bonds is 13. The van der Waals surface area contributed by atoms with Gasteiger partial charge in [0.25, 0.3) is 0 Å². The number of carbonyl (C=O) groups excluding carboxylic acids is 3. The number of fused-ring (bicyclic) bond motifs is 1. The minimum Gasteiger partial charge on any atom is -0.445 e. The van der Waals surface area contributed by atoms with Gasteiger partial charge in [0.05, 0.1) is 0 Å². The molecule has 42 heavy (non-hydrogen) atoms. The Morgan fingerprint density at radius 2 is 1.71 bits per heavy atom. The van der Waals surface area contributed by atoms with Crippen LogP contribution in [0.5, 0.6) is 0 Å². The molecule has 0 aliphatic rings. The molecule has 1 heterocycles. The number of guanidine groups is 1. The van der Waals surface area contributed by atoms with Gasteiger partial charge in [-0.05, 0) is 55.4 Å². The van der Waals surface area contributed by atoms with Crippen LogP contribution in [0.25, 0.3) is 11.0 Å². The number of carbonyl (C=O) groups is 3. The van der Waals surface area contributed by atoms with Crippen LogP contribution in [0.3, 0.4) is 0 Å². The van der Waals surface area contributed by atoms with Crippen LogP contribution in [0.15, 0.2) is 68.8 Å². The number of alkyl carbamates (subject to hydrolysis) is 1. The maximum Gasteiger partial charge on any atom is 0.408 e. The Labute approximate surface area is 243 Å². The lowest BCUT2D eigenvalue weighted by Gasteiger charge is -2.24. The number of hydrogen-bond acceptors (Lipinski definition) is 7. The van der Waals surface area contributed by atoms with E-state index in [-0.39, 0.29) is 31.4 Å². The quantitative estimate of drug-likeness (QED) is 0.0884. The molecule has 0 aliphatic carbocycles. The summed E-state index contributed by atoms with van der Waals surface area (Å²) in [6.07, 6.45) is 0.172. The van der Waals surface area contributed by atoms with Gasteiger partial charge in [0.1, 0.15) is 24.3 Å². The molecule has 224 valence electrons. The maximum absolute atomic E-state index is 13.4. The second-order valence-electron chi connectivity index (χ2n) is 10.3. The van der Waals surface area contributed by atoms with Gasteiger partial charge >= 0.3 is 11.7 Å². The third-order valence-electron chi connectivity index (χ3n) is 6.33. The first-order valence-corrected chi connectivity index (χ1v) is 13.7. The number of aliphatic imine (C=N–C) groups is 1. The van der Waals surface area contributed by atoms with E-state index in [0.29, 0.717) is 24.1 Å². The Bertz CT molecular complexity index is 1470. The first-order valence-electron chi connectivity index (χ1n) is 13.7. The van der Waals surface area contributed by atoms with Crippen molar-refractivity contribution in [2.45, 2.75) is 58.7 Å². The summed E-state index contributed by atoms with van der Waals surface area (Å²) >= 11 is 0. The van der Waals surface area contributed by atoms with E-state index in [2.05, 4.69) is 20.9 Å². The maximum atomic E-state index is 13.4. The molecular formula is C30H38N6O6. The minimum absolute atomic E-state index is 0.0456. The second-order valence-corrected chi connectivity index (χ2v) is 10.3. The molecule has 2 atom stereocenters. The average molecular weight is 579 g/mol. The number of anilines is 1. The number of ether oxygens (including phenoxy) is 1. The zero-order chi connectivity index (χ0) is 30.6. The summed E-state index contributed by atoms with van der Waals surface area (Å²) in [5.74, 6) is -1.07. The van der Waals surface area contributed by atoms with Crippen LogP contribution in [0.2, 0.25) is 0 Å². The molecule has 0 fully saturated rings. The van der Waals surface area contributed by atoms with Gasteiger partial charge in [0.2, 0.25) is 11.8 Å². The molecule has 12 heteroatoms. The predicted octanol–water partition coefficient (Wildman–Crippen LogP) is 2.92. The zero-order valence-corrected chi connectivity index (χ0v) is 24.0. The molecule has 2 aromatic carbocycles. The van der Waals surface area contributed by atoms with Gasteiger partial charge in [0.15, 0.2) is 5.96 Å². The van der Waals surface area contributed by atoms with Crippen LogP contribution in [0.1, 0.15) is 44.2 Å². The van der Waals surface area contributed by atoms with Gasteiger partial charge < -0.3 is 36.6 Å². The fourth-order valence-electron chi connectivity index (χ4n) is 4.29. The normalized spacial score (nSPS) is 12.3. The highest BCUT2D eigenvalue weighted by atomic mass is 16.5. The van der Waals surface area contributed by atoms with Crippen LogP contribution in [-0.4, -0.2) is 42.5 Å². The van der Waals surface area contributed by atoms with Crippen LogP contribution in [0.4, 0.5) is 10.5 Å². The number of nitrogens with one attached hydrogen (secondary N) is 3. The van der Waals surface area contributed by atoms with Crippen LogP contribution in [0, 0.1) is 12.8 Å². The first kappa shape index (κ1) is 31.7. The summed E-state index contributed by atoms with van der Waals surface area (Å²) < 4.78 is 10.6.